The topological polar surface area (TPSA) is 115 Å². The van der Waals surface area contributed by atoms with Crippen LogP contribution in [0.3, 0.4) is 0 Å². The summed E-state index contributed by atoms with van der Waals surface area (Å²) in [4.78, 5) is 19.4. The summed E-state index contributed by atoms with van der Waals surface area (Å²) < 4.78 is 25.9. The lowest BCUT2D eigenvalue weighted by atomic mass is 10.1. The third-order valence-corrected chi connectivity index (χ3v) is 4.61. The SMILES string of the molecule is CC(C)(C)N/C(=N/c1ccnc(C(N)=O)c1)S(=O)(=O)c1ccccc1. The van der Waals surface area contributed by atoms with Crippen LogP contribution < -0.4 is 11.1 Å². The molecule has 7 nitrogen and oxygen atoms in total. The summed E-state index contributed by atoms with van der Waals surface area (Å²) >= 11 is 0. The predicted octanol–water partition coefficient (Wildman–Crippen LogP) is 2.03. The number of benzene rings is 1. The van der Waals surface area contributed by atoms with Crippen molar-refractivity contribution in [2.24, 2.45) is 10.7 Å². The second-order valence-electron chi connectivity index (χ2n) is 6.37. The number of sulfone groups is 1. The number of amides is 1. The molecule has 2 aromatic rings. The highest BCUT2D eigenvalue weighted by Gasteiger charge is 2.26. The molecule has 2 rings (SSSR count). The van der Waals surface area contributed by atoms with E-state index in [0.717, 1.165) is 0 Å². The maximum absolute atomic E-state index is 12.9. The molecule has 0 aliphatic carbocycles. The number of nitrogens with zero attached hydrogens (tertiary/aromatic N) is 2. The van der Waals surface area contributed by atoms with Crippen molar-refractivity contribution in [1.82, 2.24) is 10.3 Å². The maximum Gasteiger partial charge on any atom is 0.267 e. The van der Waals surface area contributed by atoms with Crippen molar-refractivity contribution >= 4 is 26.6 Å². The van der Waals surface area contributed by atoms with E-state index in [1.165, 1.54) is 30.5 Å². The number of aliphatic imine (C=N–C) groups is 1. The largest absolute Gasteiger partial charge is 0.364 e. The van der Waals surface area contributed by atoms with Crippen molar-refractivity contribution in [2.75, 3.05) is 0 Å². The van der Waals surface area contributed by atoms with Crippen molar-refractivity contribution in [2.45, 2.75) is 31.2 Å². The molecular weight excluding hydrogens is 340 g/mol. The minimum Gasteiger partial charge on any atom is -0.364 e. The molecule has 3 N–H and O–H groups in total. The maximum atomic E-state index is 12.9. The molecule has 1 amide bonds. The quantitative estimate of drug-likeness (QED) is 0.642. The van der Waals surface area contributed by atoms with Crippen LogP contribution in [0.25, 0.3) is 0 Å². The molecule has 132 valence electrons. The number of aromatic nitrogens is 1. The number of nitrogens with two attached hydrogens (primary N) is 1. The minimum atomic E-state index is -3.86. The summed E-state index contributed by atoms with van der Waals surface area (Å²) in [6.45, 7) is 5.47. The third kappa shape index (κ3) is 4.87. The van der Waals surface area contributed by atoms with E-state index < -0.39 is 21.3 Å². The molecule has 0 saturated carbocycles. The highest BCUT2D eigenvalue weighted by atomic mass is 32.2. The lowest BCUT2D eigenvalue weighted by Gasteiger charge is -2.23. The smallest absolute Gasteiger partial charge is 0.267 e. The Morgan fingerprint density at radius 1 is 1.16 bits per heavy atom. The predicted molar refractivity (Wildman–Crippen MR) is 96.4 cm³/mol. The number of pyridine rings is 1. The van der Waals surface area contributed by atoms with Crippen molar-refractivity contribution in [1.29, 1.82) is 0 Å². The van der Waals surface area contributed by atoms with Crippen molar-refractivity contribution in [3.05, 3.63) is 54.4 Å². The summed E-state index contributed by atoms with van der Waals surface area (Å²) in [6.07, 6.45) is 1.35. The molecule has 1 heterocycles. The first-order valence-electron chi connectivity index (χ1n) is 7.52. The van der Waals surface area contributed by atoms with Crippen LogP contribution >= 0.6 is 0 Å². The Morgan fingerprint density at radius 2 is 1.80 bits per heavy atom. The van der Waals surface area contributed by atoms with Crippen LogP contribution in [0.1, 0.15) is 31.3 Å². The number of amidine groups is 1. The Morgan fingerprint density at radius 3 is 2.36 bits per heavy atom. The van der Waals surface area contributed by atoms with Crippen molar-refractivity contribution in [3.63, 3.8) is 0 Å². The van der Waals surface area contributed by atoms with E-state index in [-0.39, 0.29) is 21.4 Å². The zero-order chi connectivity index (χ0) is 18.7. The van der Waals surface area contributed by atoms with Gasteiger partial charge in [-0.25, -0.2) is 13.4 Å². The molecule has 0 atom stereocenters. The second kappa shape index (κ2) is 7.02. The van der Waals surface area contributed by atoms with Crippen LogP contribution in [0.2, 0.25) is 0 Å². The van der Waals surface area contributed by atoms with Crippen LogP contribution in [0, 0.1) is 0 Å². The van der Waals surface area contributed by atoms with Crippen LogP contribution in [-0.2, 0) is 9.84 Å². The lowest BCUT2D eigenvalue weighted by Crippen LogP contribution is -2.44. The number of carbonyl (C=O) groups is 1. The third-order valence-electron chi connectivity index (χ3n) is 3.02. The molecule has 0 fully saturated rings. The summed E-state index contributed by atoms with van der Waals surface area (Å²) in [6, 6.07) is 10.8. The van der Waals surface area contributed by atoms with Crippen LogP contribution in [0.5, 0.6) is 0 Å². The van der Waals surface area contributed by atoms with Gasteiger partial charge in [0.05, 0.1) is 10.6 Å². The molecule has 1 aromatic heterocycles. The molecule has 8 heteroatoms. The summed E-state index contributed by atoms with van der Waals surface area (Å²) in [5, 5.41) is 2.70. The first-order chi connectivity index (χ1) is 11.6. The number of rotatable bonds is 3. The van der Waals surface area contributed by atoms with Gasteiger partial charge in [-0.15, -0.1) is 0 Å². The van der Waals surface area contributed by atoms with Gasteiger partial charge in [-0.3, -0.25) is 9.78 Å². The summed E-state index contributed by atoms with van der Waals surface area (Å²) in [5.74, 6) is -0.715. The van der Waals surface area contributed by atoms with E-state index in [1.807, 2.05) is 20.8 Å². The van der Waals surface area contributed by atoms with Crippen molar-refractivity contribution < 1.29 is 13.2 Å². The zero-order valence-electron chi connectivity index (χ0n) is 14.2. The molecule has 25 heavy (non-hydrogen) atoms. The van der Waals surface area contributed by atoms with E-state index in [2.05, 4.69) is 15.3 Å². The van der Waals surface area contributed by atoms with E-state index in [9.17, 15) is 13.2 Å². The Balaban J connectivity index is 2.57. The normalized spacial score (nSPS) is 12.7. The van der Waals surface area contributed by atoms with E-state index in [0.29, 0.717) is 0 Å². The fraction of sp³-hybridized carbons (Fsp3) is 0.235. The molecule has 0 spiro atoms. The van der Waals surface area contributed by atoms with Crippen LogP contribution in [-0.4, -0.2) is 30.0 Å². The lowest BCUT2D eigenvalue weighted by molar-refractivity contribution is 0.0995. The van der Waals surface area contributed by atoms with Gasteiger partial charge in [0.2, 0.25) is 15.0 Å². The van der Waals surface area contributed by atoms with Crippen LogP contribution in [0.4, 0.5) is 5.69 Å². The monoisotopic (exact) mass is 360 g/mol. The second-order valence-corrected chi connectivity index (χ2v) is 8.24. The molecule has 0 bridgehead atoms. The molecule has 1 aromatic carbocycles. The van der Waals surface area contributed by atoms with E-state index >= 15 is 0 Å². The first kappa shape index (κ1) is 18.6. The first-order valence-corrected chi connectivity index (χ1v) is 9.01. The van der Waals surface area contributed by atoms with Crippen molar-refractivity contribution in [3.8, 4) is 0 Å². The average molecular weight is 360 g/mol. The fourth-order valence-electron chi connectivity index (χ4n) is 1.93. The van der Waals surface area contributed by atoms with E-state index in [1.54, 1.807) is 18.2 Å². The Hall–Kier alpha value is -2.74. The van der Waals surface area contributed by atoms with Gasteiger partial charge in [-0.2, -0.15) is 0 Å². The molecule has 0 aliphatic rings. The number of hydrogen-bond acceptors (Lipinski definition) is 5. The number of carbonyl (C=O) groups excluding carboxylic acids is 1. The number of primary amides is 1. The number of hydrogen-bond donors (Lipinski definition) is 2. The van der Waals surface area contributed by atoms with Crippen LogP contribution in [0.15, 0.2) is 58.5 Å². The van der Waals surface area contributed by atoms with Gasteiger partial charge < -0.3 is 11.1 Å². The van der Waals surface area contributed by atoms with Gasteiger partial charge in [0.15, 0.2) is 0 Å². The molecule has 0 saturated heterocycles. The Kier molecular flexibility index (Phi) is 5.22. The molecule has 0 unspecified atom stereocenters. The highest BCUT2D eigenvalue weighted by Crippen LogP contribution is 2.18. The Labute approximate surface area is 146 Å². The fourth-order valence-corrected chi connectivity index (χ4v) is 3.33. The zero-order valence-corrected chi connectivity index (χ0v) is 15.0. The van der Waals surface area contributed by atoms with Gasteiger partial charge in [-0.05, 0) is 45.0 Å². The minimum absolute atomic E-state index is 0.00784. The standard InChI is InChI=1S/C17H20N4O3S/c1-17(2,3)21-16(25(23,24)13-7-5-4-6-8-13)20-12-9-10-19-14(11-12)15(18)22/h4-11H,1-3H3,(H2,18,22)(H,19,20,21). The average Bonchev–Trinajstić information content (AvgIpc) is 2.54. The van der Waals surface area contributed by atoms with Gasteiger partial charge in [-0.1, -0.05) is 18.2 Å². The molecule has 0 aliphatic heterocycles. The Bertz CT molecular complexity index is 901. The summed E-state index contributed by atoms with van der Waals surface area (Å²) in [7, 11) is -3.86. The molecule has 0 radical (unpaired) electrons. The van der Waals surface area contributed by atoms with Gasteiger partial charge >= 0.3 is 0 Å². The summed E-state index contributed by atoms with van der Waals surface area (Å²) in [5.41, 5.74) is 4.93. The van der Waals surface area contributed by atoms with Gasteiger partial charge in [0.1, 0.15) is 5.69 Å². The van der Waals surface area contributed by atoms with Gasteiger partial charge in [0, 0.05) is 11.7 Å². The highest BCUT2D eigenvalue weighted by molar-refractivity contribution is 8.06. The molecular formula is C17H20N4O3S. The number of nitrogens with one attached hydrogen (secondary N) is 1. The van der Waals surface area contributed by atoms with E-state index in [4.69, 9.17) is 5.73 Å². The van der Waals surface area contributed by atoms with Gasteiger partial charge in [0.25, 0.3) is 5.91 Å².